The molecule has 0 aromatic carbocycles. The highest BCUT2D eigenvalue weighted by Gasteiger charge is 2.00. The van der Waals surface area contributed by atoms with Crippen LogP contribution in [0.1, 0.15) is 5.56 Å². The quantitative estimate of drug-likeness (QED) is 0.675. The fourth-order valence-electron chi connectivity index (χ4n) is 1.04. The maximum atomic E-state index is 4.93. The summed E-state index contributed by atoms with van der Waals surface area (Å²) >= 11 is 6.65. The van der Waals surface area contributed by atoms with Crippen LogP contribution in [-0.4, -0.2) is 9.97 Å². The van der Waals surface area contributed by atoms with Gasteiger partial charge in [-0.3, -0.25) is 0 Å². The Morgan fingerprint density at radius 3 is 2.83 bits per heavy atom. The predicted molar refractivity (Wildman–Crippen MR) is 54.0 cm³/mol. The number of thiophene rings is 1. The van der Waals surface area contributed by atoms with Gasteiger partial charge in [-0.1, -0.05) is 0 Å². The number of imidazole rings is 1. The minimum Gasteiger partial charge on any atom is -0.337 e. The van der Waals surface area contributed by atoms with Crippen LogP contribution in [0.3, 0.4) is 0 Å². The van der Waals surface area contributed by atoms with Gasteiger partial charge in [0, 0.05) is 6.20 Å². The molecule has 0 spiro atoms. The van der Waals surface area contributed by atoms with Crippen molar-refractivity contribution in [2.75, 3.05) is 0 Å². The van der Waals surface area contributed by atoms with E-state index in [1.54, 1.807) is 11.3 Å². The number of aryl methyl sites for hydroxylation is 1. The zero-order valence-electron chi connectivity index (χ0n) is 6.55. The van der Waals surface area contributed by atoms with Crippen molar-refractivity contribution in [3.63, 3.8) is 0 Å². The van der Waals surface area contributed by atoms with Crippen molar-refractivity contribution in [2.45, 2.75) is 6.92 Å². The zero-order valence-corrected chi connectivity index (χ0v) is 8.18. The Labute approximate surface area is 79.3 Å². The first kappa shape index (κ1) is 7.76. The van der Waals surface area contributed by atoms with E-state index in [2.05, 4.69) is 28.3 Å². The highest BCUT2D eigenvalue weighted by molar-refractivity contribution is 7.71. The van der Waals surface area contributed by atoms with Gasteiger partial charge in [0.2, 0.25) is 0 Å². The number of hydrogen-bond donors (Lipinski definition) is 2. The lowest BCUT2D eigenvalue weighted by Crippen LogP contribution is -1.68. The zero-order chi connectivity index (χ0) is 8.55. The van der Waals surface area contributed by atoms with E-state index in [0.29, 0.717) is 4.77 Å². The van der Waals surface area contributed by atoms with Crippen LogP contribution in [0.25, 0.3) is 10.6 Å². The Balaban J connectivity index is 2.50. The van der Waals surface area contributed by atoms with Crippen molar-refractivity contribution in [1.29, 1.82) is 0 Å². The van der Waals surface area contributed by atoms with Gasteiger partial charge in [0.05, 0.1) is 10.6 Å². The summed E-state index contributed by atoms with van der Waals surface area (Å²) in [4.78, 5) is 7.24. The number of nitrogens with one attached hydrogen (secondary N) is 2. The molecule has 2 nitrogen and oxygen atoms in total. The molecule has 0 amide bonds. The Kier molecular flexibility index (Phi) is 1.86. The third kappa shape index (κ3) is 1.35. The normalized spacial score (nSPS) is 10.4. The summed E-state index contributed by atoms with van der Waals surface area (Å²) in [5, 5.41) is 2.12. The second-order valence-electron chi connectivity index (χ2n) is 2.64. The van der Waals surface area contributed by atoms with E-state index < -0.39 is 0 Å². The average molecular weight is 196 g/mol. The summed E-state index contributed by atoms with van der Waals surface area (Å²) in [6, 6.07) is 2.14. The molecule has 2 heterocycles. The molecule has 0 aliphatic heterocycles. The third-order valence-corrected chi connectivity index (χ3v) is 2.89. The van der Waals surface area contributed by atoms with Crippen LogP contribution >= 0.6 is 23.6 Å². The molecule has 0 aliphatic rings. The molecule has 2 rings (SSSR count). The second-order valence-corrected chi connectivity index (χ2v) is 3.96. The largest absolute Gasteiger partial charge is 0.337 e. The SMILES string of the molecule is Cc1csc(-c2c[nH]c(=S)[nH]2)c1. The van der Waals surface area contributed by atoms with Crippen LogP contribution in [0, 0.1) is 11.7 Å². The number of rotatable bonds is 1. The lowest BCUT2D eigenvalue weighted by molar-refractivity contribution is 1.27. The Morgan fingerprint density at radius 2 is 2.33 bits per heavy atom. The van der Waals surface area contributed by atoms with Crippen molar-refractivity contribution in [1.82, 2.24) is 9.97 Å². The van der Waals surface area contributed by atoms with Gasteiger partial charge in [-0.05, 0) is 36.2 Å². The van der Waals surface area contributed by atoms with Gasteiger partial charge in [-0.25, -0.2) is 0 Å². The van der Waals surface area contributed by atoms with E-state index in [1.807, 2.05) is 6.20 Å². The van der Waals surface area contributed by atoms with Crippen molar-refractivity contribution in [3.8, 4) is 10.6 Å². The van der Waals surface area contributed by atoms with Crippen LogP contribution in [0.15, 0.2) is 17.6 Å². The molecule has 4 heteroatoms. The molecule has 0 radical (unpaired) electrons. The van der Waals surface area contributed by atoms with E-state index in [4.69, 9.17) is 12.2 Å². The fourth-order valence-corrected chi connectivity index (χ4v) is 2.08. The Hall–Kier alpha value is -0.870. The molecule has 0 bridgehead atoms. The molecule has 2 aromatic heterocycles. The molecule has 0 atom stereocenters. The summed E-state index contributed by atoms with van der Waals surface area (Å²) in [5.41, 5.74) is 2.36. The number of H-pyrrole nitrogens is 2. The smallest absolute Gasteiger partial charge is 0.174 e. The lowest BCUT2D eigenvalue weighted by Gasteiger charge is -1.86. The van der Waals surface area contributed by atoms with E-state index >= 15 is 0 Å². The fraction of sp³-hybridized carbons (Fsp3) is 0.125. The maximum Gasteiger partial charge on any atom is 0.174 e. The monoisotopic (exact) mass is 196 g/mol. The lowest BCUT2D eigenvalue weighted by atomic mass is 10.3. The molecular weight excluding hydrogens is 188 g/mol. The van der Waals surface area contributed by atoms with Crippen LogP contribution in [0.2, 0.25) is 0 Å². The van der Waals surface area contributed by atoms with Crippen LogP contribution in [0.5, 0.6) is 0 Å². The van der Waals surface area contributed by atoms with Gasteiger partial charge in [-0.15, -0.1) is 11.3 Å². The summed E-state index contributed by atoms with van der Waals surface area (Å²) in [6.07, 6.45) is 1.90. The molecule has 0 unspecified atom stereocenters. The summed E-state index contributed by atoms with van der Waals surface area (Å²) in [7, 11) is 0. The molecule has 62 valence electrons. The first-order valence-electron chi connectivity index (χ1n) is 3.59. The number of hydrogen-bond acceptors (Lipinski definition) is 2. The highest BCUT2D eigenvalue weighted by Crippen LogP contribution is 2.24. The first-order valence-corrected chi connectivity index (χ1v) is 4.88. The molecule has 0 saturated heterocycles. The maximum absolute atomic E-state index is 4.93. The average Bonchev–Trinajstić information content (AvgIpc) is 2.58. The van der Waals surface area contributed by atoms with Crippen molar-refractivity contribution in [3.05, 3.63) is 28.0 Å². The predicted octanol–water partition coefficient (Wildman–Crippen LogP) is 3.11. The topological polar surface area (TPSA) is 31.6 Å². The minimum absolute atomic E-state index is 0.677. The molecule has 0 fully saturated rings. The Bertz CT molecular complexity index is 436. The van der Waals surface area contributed by atoms with E-state index in [1.165, 1.54) is 10.4 Å². The first-order chi connectivity index (χ1) is 5.75. The van der Waals surface area contributed by atoms with Gasteiger partial charge in [-0.2, -0.15) is 0 Å². The minimum atomic E-state index is 0.677. The van der Waals surface area contributed by atoms with Gasteiger partial charge in [0.1, 0.15) is 0 Å². The molecular formula is C8H8N2S2. The summed E-state index contributed by atoms with van der Waals surface area (Å²) in [5.74, 6) is 0. The molecule has 2 aromatic rings. The van der Waals surface area contributed by atoms with Crippen LogP contribution in [-0.2, 0) is 0 Å². The number of aromatic amines is 2. The van der Waals surface area contributed by atoms with Crippen LogP contribution in [0.4, 0.5) is 0 Å². The van der Waals surface area contributed by atoms with E-state index in [-0.39, 0.29) is 0 Å². The summed E-state index contributed by atoms with van der Waals surface area (Å²) in [6.45, 7) is 2.08. The van der Waals surface area contributed by atoms with Crippen molar-refractivity contribution >= 4 is 23.6 Å². The van der Waals surface area contributed by atoms with Crippen molar-refractivity contribution < 1.29 is 0 Å². The van der Waals surface area contributed by atoms with Gasteiger partial charge >= 0.3 is 0 Å². The van der Waals surface area contributed by atoms with Gasteiger partial charge < -0.3 is 9.97 Å². The van der Waals surface area contributed by atoms with Gasteiger partial charge in [0.15, 0.2) is 4.77 Å². The molecule has 0 aliphatic carbocycles. The van der Waals surface area contributed by atoms with Gasteiger partial charge in [0.25, 0.3) is 0 Å². The molecule has 0 saturated carbocycles. The number of aromatic nitrogens is 2. The van der Waals surface area contributed by atoms with Crippen LogP contribution < -0.4 is 0 Å². The standard InChI is InChI=1S/C8H8N2S2/c1-5-2-7(12-4-5)6-3-9-8(11)10-6/h2-4H,1H3,(H2,9,10,11). The third-order valence-electron chi connectivity index (χ3n) is 1.59. The highest BCUT2D eigenvalue weighted by atomic mass is 32.1. The van der Waals surface area contributed by atoms with E-state index in [0.717, 1.165) is 5.69 Å². The van der Waals surface area contributed by atoms with Crippen molar-refractivity contribution in [2.24, 2.45) is 0 Å². The van der Waals surface area contributed by atoms with E-state index in [9.17, 15) is 0 Å². The second kappa shape index (κ2) is 2.88. The molecule has 2 N–H and O–H groups in total. The molecule has 12 heavy (non-hydrogen) atoms. The Morgan fingerprint density at radius 1 is 1.50 bits per heavy atom. The summed E-state index contributed by atoms with van der Waals surface area (Å²) < 4.78 is 0.677.